The van der Waals surface area contributed by atoms with Gasteiger partial charge in [-0.2, -0.15) is 0 Å². The molecule has 0 spiro atoms. The highest BCUT2D eigenvalue weighted by Gasteiger charge is 2.37. The van der Waals surface area contributed by atoms with Crippen molar-refractivity contribution in [3.05, 3.63) is 47.0 Å². The van der Waals surface area contributed by atoms with Crippen molar-refractivity contribution in [1.29, 1.82) is 0 Å². The highest BCUT2D eigenvalue weighted by atomic mass is 16.5. The van der Waals surface area contributed by atoms with E-state index < -0.39 is 0 Å². The number of nitrogens with zero attached hydrogens (tertiary/aromatic N) is 2. The van der Waals surface area contributed by atoms with E-state index in [-0.39, 0.29) is 18.1 Å². The van der Waals surface area contributed by atoms with Crippen molar-refractivity contribution in [2.75, 3.05) is 32.8 Å². The van der Waals surface area contributed by atoms with Gasteiger partial charge in [0.05, 0.1) is 12.7 Å². The van der Waals surface area contributed by atoms with Crippen LogP contribution in [0, 0.1) is 0 Å². The van der Waals surface area contributed by atoms with Crippen LogP contribution in [0.15, 0.2) is 41.5 Å². The van der Waals surface area contributed by atoms with Crippen molar-refractivity contribution in [3.63, 3.8) is 0 Å². The molecule has 0 aromatic heterocycles. The van der Waals surface area contributed by atoms with Crippen molar-refractivity contribution in [2.45, 2.75) is 31.5 Å². The average Bonchev–Trinajstić information content (AvgIpc) is 3.16. The highest BCUT2D eigenvalue weighted by Crippen LogP contribution is 2.30. The number of hydrogen-bond donors (Lipinski definition) is 1. The van der Waals surface area contributed by atoms with E-state index in [1.54, 1.807) is 0 Å². The Hall–Kier alpha value is -1.69. The third-order valence-electron chi connectivity index (χ3n) is 5.57. The monoisotopic (exact) mass is 327 g/mol. The van der Waals surface area contributed by atoms with Gasteiger partial charge >= 0.3 is 0 Å². The molecule has 24 heavy (non-hydrogen) atoms. The Labute approximate surface area is 143 Å². The van der Waals surface area contributed by atoms with Gasteiger partial charge < -0.3 is 15.4 Å². The Bertz CT molecular complexity index is 640. The van der Waals surface area contributed by atoms with Gasteiger partial charge in [-0.25, -0.2) is 0 Å². The van der Waals surface area contributed by atoms with E-state index in [0.717, 1.165) is 44.8 Å². The molecule has 3 aliphatic rings. The number of amides is 1. The molecule has 0 saturated carbocycles. The number of ether oxygens (including phenoxy) is 1. The zero-order valence-corrected chi connectivity index (χ0v) is 14.1. The number of carbonyl (C=O) groups is 1. The van der Waals surface area contributed by atoms with E-state index in [4.69, 9.17) is 10.5 Å². The zero-order chi connectivity index (χ0) is 16.7. The van der Waals surface area contributed by atoms with E-state index in [9.17, 15) is 4.79 Å². The first-order valence-electron chi connectivity index (χ1n) is 8.77. The summed E-state index contributed by atoms with van der Waals surface area (Å²) in [7, 11) is 0. The maximum Gasteiger partial charge on any atom is 0.254 e. The molecule has 5 nitrogen and oxygen atoms in total. The Morgan fingerprint density at radius 3 is 2.42 bits per heavy atom. The van der Waals surface area contributed by atoms with Crippen molar-refractivity contribution in [3.8, 4) is 0 Å². The molecule has 5 heteroatoms. The smallest absolute Gasteiger partial charge is 0.254 e. The second kappa shape index (κ2) is 6.31. The number of hydrogen-bond acceptors (Lipinski definition) is 4. The topological polar surface area (TPSA) is 58.8 Å². The lowest BCUT2D eigenvalue weighted by Crippen LogP contribution is -2.51. The summed E-state index contributed by atoms with van der Waals surface area (Å²) in [6.07, 6.45) is 1.15. The minimum absolute atomic E-state index is 0.121. The Morgan fingerprint density at radius 1 is 1.12 bits per heavy atom. The van der Waals surface area contributed by atoms with E-state index in [2.05, 4.69) is 11.8 Å². The molecule has 0 radical (unpaired) electrons. The second-order valence-corrected chi connectivity index (χ2v) is 7.23. The minimum Gasteiger partial charge on any atom is -0.375 e. The molecular formula is C19H25N3O2. The van der Waals surface area contributed by atoms with Crippen LogP contribution in [0.5, 0.6) is 0 Å². The fourth-order valence-electron chi connectivity index (χ4n) is 3.99. The van der Waals surface area contributed by atoms with Crippen LogP contribution in [0.2, 0.25) is 0 Å². The lowest BCUT2D eigenvalue weighted by molar-refractivity contribution is -0.0343. The largest absolute Gasteiger partial charge is 0.375 e. The summed E-state index contributed by atoms with van der Waals surface area (Å²) in [5.41, 5.74) is 9.75. The molecule has 3 heterocycles. The Balaban J connectivity index is 1.35. The molecule has 3 aliphatic heterocycles. The third-order valence-corrected chi connectivity index (χ3v) is 5.57. The van der Waals surface area contributed by atoms with Crippen LogP contribution in [0.3, 0.4) is 0 Å². The van der Waals surface area contributed by atoms with Crippen LogP contribution in [0.25, 0.3) is 0 Å². The van der Waals surface area contributed by atoms with Gasteiger partial charge in [0.2, 0.25) is 0 Å². The predicted octanol–water partition coefficient (Wildman–Crippen LogP) is 1.26. The summed E-state index contributed by atoms with van der Waals surface area (Å²) >= 11 is 0. The Kier molecular flexibility index (Phi) is 4.16. The van der Waals surface area contributed by atoms with Crippen molar-refractivity contribution >= 4 is 5.91 Å². The molecule has 2 unspecified atom stereocenters. The molecule has 1 aromatic rings. The lowest BCUT2D eigenvalue weighted by Gasteiger charge is -2.38. The summed E-state index contributed by atoms with van der Waals surface area (Å²) in [5, 5.41) is 0. The molecule has 0 bridgehead atoms. The Morgan fingerprint density at radius 2 is 1.79 bits per heavy atom. The first kappa shape index (κ1) is 15.8. The molecule has 1 fully saturated rings. The van der Waals surface area contributed by atoms with Gasteiger partial charge in [-0.05, 0) is 36.6 Å². The van der Waals surface area contributed by atoms with Crippen LogP contribution >= 0.6 is 0 Å². The number of carbonyl (C=O) groups excluding carboxylic acids is 1. The molecule has 2 N–H and O–H groups in total. The quantitative estimate of drug-likeness (QED) is 0.831. The fourth-order valence-corrected chi connectivity index (χ4v) is 3.99. The molecule has 1 saturated heterocycles. The number of benzene rings is 1. The van der Waals surface area contributed by atoms with Gasteiger partial charge in [0.1, 0.15) is 0 Å². The van der Waals surface area contributed by atoms with Gasteiger partial charge in [-0.3, -0.25) is 9.69 Å². The molecular weight excluding hydrogens is 302 g/mol. The highest BCUT2D eigenvalue weighted by molar-refractivity contribution is 5.94. The maximum absolute atomic E-state index is 12.6. The summed E-state index contributed by atoms with van der Waals surface area (Å²) in [5.74, 6) is 0.133. The minimum atomic E-state index is 0.121. The first-order chi connectivity index (χ1) is 11.6. The van der Waals surface area contributed by atoms with Crippen LogP contribution in [0.4, 0.5) is 0 Å². The summed E-state index contributed by atoms with van der Waals surface area (Å²) in [6, 6.07) is 10.1. The summed E-state index contributed by atoms with van der Waals surface area (Å²) in [6.45, 7) is 6.23. The predicted molar refractivity (Wildman–Crippen MR) is 92.7 cm³/mol. The van der Waals surface area contributed by atoms with Gasteiger partial charge in [-0.15, -0.1) is 0 Å². The average molecular weight is 327 g/mol. The fraction of sp³-hybridized carbons (Fsp3) is 0.526. The van der Waals surface area contributed by atoms with Gasteiger partial charge in [0.15, 0.2) is 0 Å². The molecule has 128 valence electrons. The molecule has 4 rings (SSSR count). The van der Waals surface area contributed by atoms with E-state index in [1.165, 1.54) is 11.1 Å². The molecule has 1 amide bonds. The summed E-state index contributed by atoms with van der Waals surface area (Å²) in [4.78, 5) is 17.0. The standard InChI is InChI=1S/C19H25N3O2/c1-13-18(20)7-17(12-24-13)21-8-15-10-22(11-16(15)9-21)19(23)14-5-3-2-4-6-14/h2-6,13,17-18H,7-12,20H2,1H3/t13-,17?,18?/m1/s1. The normalized spacial score (nSPS) is 30.8. The lowest BCUT2D eigenvalue weighted by atomic mass is 10.00. The number of nitrogens with two attached hydrogens (primary N) is 1. The van der Waals surface area contributed by atoms with Crippen LogP contribution in [-0.2, 0) is 4.74 Å². The van der Waals surface area contributed by atoms with Gasteiger partial charge in [0.25, 0.3) is 5.91 Å². The summed E-state index contributed by atoms with van der Waals surface area (Å²) < 4.78 is 5.80. The van der Waals surface area contributed by atoms with Crippen LogP contribution < -0.4 is 5.73 Å². The van der Waals surface area contributed by atoms with Gasteiger partial charge in [-0.1, -0.05) is 18.2 Å². The molecule has 1 aromatic carbocycles. The van der Waals surface area contributed by atoms with E-state index in [1.807, 2.05) is 35.2 Å². The van der Waals surface area contributed by atoms with Crippen LogP contribution in [0.1, 0.15) is 23.7 Å². The first-order valence-corrected chi connectivity index (χ1v) is 8.77. The third kappa shape index (κ3) is 2.88. The van der Waals surface area contributed by atoms with Crippen LogP contribution in [-0.4, -0.2) is 66.7 Å². The molecule has 0 aliphatic carbocycles. The second-order valence-electron chi connectivity index (χ2n) is 7.23. The SMILES string of the molecule is C[C@H]1OCC(N2CC3=C(CN(C(=O)c4ccccc4)C3)C2)CC1N. The zero-order valence-electron chi connectivity index (χ0n) is 14.1. The molecule has 3 atom stereocenters. The van der Waals surface area contributed by atoms with Crippen molar-refractivity contribution in [2.24, 2.45) is 5.73 Å². The van der Waals surface area contributed by atoms with E-state index >= 15 is 0 Å². The van der Waals surface area contributed by atoms with E-state index in [0.29, 0.717) is 6.04 Å². The maximum atomic E-state index is 12.6. The van der Waals surface area contributed by atoms with Gasteiger partial charge in [0, 0.05) is 43.8 Å². The van der Waals surface area contributed by atoms with Crippen molar-refractivity contribution in [1.82, 2.24) is 9.80 Å². The van der Waals surface area contributed by atoms with Crippen molar-refractivity contribution < 1.29 is 9.53 Å². The number of rotatable bonds is 2.